The van der Waals surface area contributed by atoms with Crippen molar-refractivity contribution >= 4 is 5.97 Å². The number of aliphatic carboxylic acids is 1. The molecule has 0 heterocycles. The van der Waals surface area contributed by atoms with Crippen molar-refractivity contribution in [2.24, 2.45) is 0 Å². The van der Waals surface area contributed by atoms with Gasteiger partial charge in [-0.05, 0) is 39.3 Å². The molecule has 4 nitrogen and oxygen atoms in total. The first kappa shape index (κ1) is 14.5. The normalized spacial score (nSPS) is 18.8. The fourth-order valence-corrected chi connectivity index (χ4v) is 2.61. The number of unbranched alkanes of at least 4 members (excludes halogenated alkanes) is 2. The summed E-state index contributed by atoms with van der Waals surface area (Å²) in [5.41, 5.74) is -0.462. The third-order valence-electron chi connectivity index (χ3n) is 3.53. The molecule has 17 heavy (non-hydrogen) atoms. The van der Waals surface area contributed by atoms with Crippen LogP contribution >= 0.6 is 0 Å². The van der Waals surface area contributed by atoms with Gasteiger partial charge >= 0.3 is 5.97 Å². The van der Waals surface area contributed by atoms with Gasteiger partial charge in [0.05, 0.1) is 5.60 Å². The number of hydrogen-bond donors (Lipinski definition) is 2. The molecule has 1 rings (SSSR count). The molecule has 0 saturated heterocycles. The molecule has 0 aromatic rings. The minimum absolute atomic E-state index is 0.271. The predicted octanol–water partition coefficient (Wildman–Crippen LogP) is 1.87. The molecule has 2 N–H and O–H groups in total. The van der Waals surface area contributed by atoms with Gasteiger partial charge in [0.25, 0.3) is 0 Å². The number of hydrogen-bond acceptors (Lipinski definition) is 3. The Morgan fingerprint density at radius 2 is 1.88 bits per heavy atom. The molecule has 0 spiro atoms. The van der Waals surface area contributed by atoms with E-state index in [0.29, 0.717) is 0 Å². The highest BCUT2D eigenvalue weighted by atomic mass is 16.4. The van der Waals surface area contributed by atoms with Crippen LogP contribution in [0.4, 0.5) is 0 Å². The minimum atomic E-state index is -0.710. The van der Waals surface area contributed by atoms with Crippen LogP contribution in [-0.4, -0.2) is 46.8 Å². The molecular formula is C13H25NO3. The van der Waals surface area contributed by atoms with Crippen LogP contribution in [0, 0.1) is 0 Å². The number of likely N-dealkylation sites (N-methyl/N-ethyl adjacent to an activating group) is 1. The Bertz CT molecular complexity index is 237. The second kappa shape index (κ2) is 6.97. The van der Waals surface area contributed by atoms with E-state index < -0.39 is 11.6 Å². The molecule has 0 aliphatic heterocycles. The van der Waals surface area contributed by atoms with E-state index in [1.807, 2.05) is 7.05 Å². The molecule has 0 unspecified atom stereocenters. The van der Waals surface area contributed by atoms with Crippen molar-refractivity contribution in [2.75, 3.05) is 20.1 Å². The second-order valence-corrected chi connectivity index (χ2v) is 5.37. The maximum absolute atomic E-state index is 10.3. The zero-order chi connectivity index (χ0) is 12.7. The van der Waals surface area contributed by atoms with Crippen LogP contribution < -0.4 is 0 Å². The van der Waals surface area contributed by atoms with Crippen LogP contribution in [0.15, 0.2) is 0 Å². The fourth-order valence-electron chi connectivity index (χ4n) is 2.61. The second-order valence-electron chi connectivity index (χ2n) is 5.37. The number of carboxylic acids is 1. The monoisotopic (exact) mass is 243 g/mol. The largest absolute Gasteiger partial charge is 0.481 e. The van der Waals surface area contributed by atoms with Crippen molar-refractivity contribution in [3.05, 3.63) is 0 Å². The number of carbonyl (C=O) groups is 1. The number of nitrogens with zero attached hydrogens (tertiary/aromatic N) is 1. The molecular weight excluding hydrogens is 218 g/mol. The van der Waals surface area contributed by atoms with Crippen molar-refractivity contribution in [1.29, 1.82) is 0 Å². The average molecular weight is 243 g/mol. The highest BCUT2D eigenvalue weighted by Gasteiger charge is 2.31. The third-order valence-corrected chi connectivity index (χ3v) is 3.53. The van der Waals surface area contributed by atoms with E-state index in [1.54, 1.807) is 0 Å². The van der Waals surface area contributed by atoms with Crippen molar-refractivity contribution in [2.45, 2.75) is 57.0 Å². The molecule has 0 radical (unpaired) electrons. The lowest BCUT2D eigenvalue weighted by Gasteiger charge is -2.28. The highest BCUT2D eigenvalue weighted by Crippen LogP contribution is 2.29. The number of rotatable bonds is 8. The van der Waals surface area contributed by atoms with Crippen molar-refractivity contribution in [1.82, 2.24) is 4.90 Å². The molecule has 0 aromatic carbocycles. The van der Waals surface area contributed by atoms with E-state index >= 15 is 0 Å². The van der Waals surface area contributed by atoms with E-state index in [1.165, 1.54) is 0 Å². The van der Waals surface area contributed by atoms with E-state index in [4.69, 9.17) is 5.11 Å². The van der Waals surface area contributed by atoms with Crippen LogP contribution in [0.1, 0.15) is 51.4 Å². The van der Waals surface area contributed by atoms with Crippen LogP contribution in [0.3, 0.4) is 0 Å². The van der Waals surface area contributed by atoms with Crippen LogP contribution in [-0.2, 0) is 4.79 Å². The van der Waals surface area contributed by atoms with Gasteiger partial charge in [0.2, 0.25) is 0 Å². The molecule has 1 fully saturated rings. The average Bonchev–Trinajstić information content (AvgIpc) is 2.63. The van der Waals surface area contributed by atoms with E-state index in [9.17, 15) is 9.90 Å². The van der Waals surface area contributed by atoms with Gasteiger partial charge < -0.3 is 15.1 Å². The molecule has 1 aliphatic carbocycles. The molecule has 0 amide bonds. The maximum Gasteiger partial charge on any atom is 0.303 e. The topological polar surface area (TPSA) is 60.8 Å². The summed E-state index contributed by atoms with van der Waals surface area (Å²) in [6.45, 7) is 1.70. The zero-order valence-corrected chi connectivity index (χ0v) is 10.8. The SMILES string of the molecule is CN(CCCCCC(=O)O)CC1(O)CCCC1. The smallest absolute Gasteiger partial charge is 0.303 e. The molecule has 0 bridgehead atoms. The third kappa shape index (κ3) is 6.03. The lowest BCUT2D eigenvalue weighted by Crippen LogP contribution is -2.39. The van der Waals surface area contributed by atoms with Crippen molar-refractivity contribution < 1.29 is 15.0 Å². The summed E-state index contributed by atoms with van der Waals surface area (Å²) in [7, 11) is 2.04. The van der Waals surface area contributed by atoms with Gasteiger partial charge in [-0.1, -0.05) is 19.3 Å². The quantitative estimate of drug-likeness (QED) is 0.639. The van der Waals surface area contributed by atoms with Crippen LogP contribution in [0.25, 0.3) is 0 Å². The fraction of sp³-hybridized carbons (Fsp3) is 0.923. The molecule has 0 atom stereocenters. The first-order valence-electron chi connectivity index (χ1n) is 6.65. The summed E-state index contributed by atoms with van der Waals surface area (Å²) in [6.07, 6.45) is 7.13. The molecule has 4 heteroatoms. The van der Waals surface area contributed by atoms with Crippen LogP contribution in [0.5, 0.6) is 0 Å². The van der Waals surface area contributed by atoms with Gasteiger partial charge in [0.1, 0.15) is 0 Å². The van der Waals surface area contributed by atoms with Gasteiger partial charge in [0, 0.05) is 13.0 Å². The van der Waals surface area contributed by atoms with Crippen LogP contribution in [0.2, 0.25) is 0 Å². The molecule has 1 aliphatic rings. The van der Waals surface area contributed by atoms with E-state index in [2.05, 4.69) is 4.90 Å². The van der Waals surface area contributed by atoms with E-state index in [0.717, 1.165) is 58.0 Å². The molecule has 0 aromatic heterocycles. The first-order valence-corrected chi connectivity index (χ1v) is 6.65. The van der Waals surface area contributed by atoms with Gasteiger partial charge in [-0.15, -0.1) is 0 Å². The lowest BCUT2D eigenvalue weighted by molar-refractivity contribution is -0.137. The van der Waals surface area contributed by atoms with Gasteiger partial charge in [-0.3, -0.25) is 4.79 Å². The Balaban J connectivity index is 2.04. The van der Waals surface area contributed by atoms with Crippen molar-refractivity contribution in [3.63, 3.8) is 0 Å². The van der Waals surface area contributed by atoms with Crippen molar-refractivity contribution in [3.8, 4) is 0 Å². The summed E-state index contributed by atoms with van der Waals surface area (Å²) in [4.78, 5) is 12.5. The first-order chi connectivity index (χ1) is 8.02. The van der Waals surface area contributed by atoms with Gasteiger partial charge in [0.15, 0.2) is 0 Å². The molecule has 1 saturated carbocycles. The Hall–Kier alpha value is -0.610. The predicted molar refractivity (Wildman–Crippen MR) is 67.0 cm³/mol. The summed E-state index contributed by atoms with van der Waals surface area (Å²) in [5.74, 6) is -0.710. The molecule has 100 valence electrons. The minimum Gasteiger partial charge on any atom is -0.481 e. The summed E-state index contributed by atoms with van der Waals surface area (Å²) in [6, 6.07) is 0. The maximum atomic E-state index is 10.3. The van der Waals surface area contributed by atoms with E-state index in [-0.39, 0.29) is 6.42 Å². The summed E-state index contributed by atoms with van der Waals surface area (Å²) in [5, 5.41) is 18.7. The highest BCUT2D eigenvalue weighted by molar-refractivity contribution is 5.66. The Morgan fingerprint density at radius 3 is 2.47 bits per heavy atom. The zero-order valence-electron chi connectivity index (χ0n) is 10.8. The summed E-state index contributed by atoms with van der Waals surface area (Å²) < 4.78 is 0. The Kier molecular flexibility index (Phi) is 5.92. The lowest BCUT2D eigenvalue weighted by atomic mass is 10.0. The van der Waals surface area contributed by atoms with Gasteiger partial charge in [-0.2, -0.15) is 0 Å². The Labute approximate surface area is 104 Å². The summed E-state index contributed by atoms with van der Waals surface area (Å²) >= 11 is 0. The Morgan fingerprint density at radius 1 is 1.24 bits per heavy atom. The van der Waals surface area contributed by atoms with Gasteiger partial charge in [-0.25, -0.2) is 0 Å². The standard InChI is InChI=1S/C13H25NO3/c1-14(10-6-2-3-7-12(15)16)11-13(17)8-4-5-9-13/h17H,2-11H2,1H3,(H,15,16). The number of carboxylic acid groups (broad SMARTS) is 1. The number of aliphatic hydroxyl groups is 1.